The SMILES string of the molecule is O=C(OCc1ccccc1)/C(CCc1ccc([N+](=O)[O-])cc1)=N/O. The maximum atomic E-state index is 11.9. The van der Waals surface area contributed by atoms with Crippen LogP contribution >= 0.6 is 0 Å². The molecule has 0 unspecified atom stereocenters. The van der Waals surface area contributed by atoms with Crippen LogP contribution in [0.3, 0.4) is 0 Å². The molecule has 7 heteroatoms. The Kier molecular flexibility index (Phi) is 6.01. The van der Waals surface area contributed by atoms with Crippen molar-refractivity contribution in [3.8, 4) is 0 Å². The van der Waals surface area contributed by atoms with Crippen LogP contribution in [0.15, 0.2) is 59.8 Å². The molecule has 1 N–H and O–H groups in total. The summed E-state index contributed by atoms with van der Waals surface area (Å²) in [7, 11) is 0. The number of carbonyl (C=O) groups excluding carboxylic acids is 1. The lowest BCUT2D eigenvalue weighted by atomic mass is 10.1. The first kappa shape index (κ1) is 17.1. The minimum atomic E-state index is -0.691. The van der Waals surface area contributed by atoms with Gasteiger partial charge >= 0.3 is 5.97 Å². The average Bonchev–Trinajstić information content (AvgIpc) is 2.61. The standard InChI is InChI=1S/C17H16N2O5/c20-17(24-12-14-4-2-1-3-5-14)16(18-21)11-8-13-6-9-15(10-7-13)19(22)23/h1-7,9-10,21H,8,11-12H2/b18-16+. The van der Waals surface area contributed by atoms with Crippen molar-refractivity contribution < 1.29 is 19.7 Å². The first-order valence-corrected chi connectivity index (χ1v) is 7.25. The largest absolute Gasteiger partial charge is 0.456 e. The summed E-state index contributed by atoms with van der Waals surface area (Å²) in [5, 5.41) is 22.6. The molecule has 0 spiro atoms. The molecule has 0 amide bonds. The van der Waals surface area contributed by atoms with Crippen molar-refractivity contribution in [2.24, 2.45) is 5.16 Å². The van der Waals surface area contributed by atoms with Gasteiger partial charge in [0.25, 0.3) is 5.69 Å². The van der Waals surface area contributed by atoms with Gasteiger partial charge in [-0.3, -0.25) is 10.1 Å². The van der Waals surface area contributed by atoms with E-state index in [1.807, 2.05) is 30.3 Å². The Morgan fingerprint density at radius 3 is 2.33 bits per heavy atom. The topological polar surface area (TPSA) is 102 Å². The summed E-state index contributed by atoms with van der Waals surface area (Å²) in [6, 6.07) is 15.1. The number of carbonyl (C=O) groups is 1. The fourth-order valence-corrected chi connectivity index (χ4v) is 2.05. The number of aryl methyl sites for hydroxylation is 1. The minimum absolute atomic E-state index is 0.00271. The van der Waals surface area contributed by atoms with Crippen LogP contribution in [0.5, 0.6) is 0 Å². The van der Waals surface area contributed by atoms with Gasteiger partial charge in [-0.1, -0.05) is 47.6 Å². The summed E-state index contributed by atoms with van der Waals surface area (Å²) in [4.78, 5) is 22.0. The monoisotopic (exact) mass is 328 g/mol. The van der Waals surface area contributed by atoms with Crippen molar-refractivity contribution in [2.75, 3.05) is 0 Å². The average molecular weight is 328 g/mol. The first-order valence-electron chi connectivity index (χ1n) is 7.25. The Morgan fingerprint density at radius 1 is 1.08 bits per heavy atom. The van der Waals surface area contributed by atoms with Crippen molar-refractivity contribution in [1.82, 2.24) is 0 Å². The Balaban J connectivity index is 1.87. The van der Waals surface area contributed by atoms with Crippen LogP contribution in [-0.4, -0.2) is 21.8 Å². The molecule has 0 aromatic heterocycles. The van der Waals surface area contributed by atoms with Crippen molar-refractivity contribution in [2.45, 2.75) is 19.4 Å². The van der Waals surface area contributed by atoms with Crippen LogP contribution in [0.4, 0.5) is 5.69 Å². The fourth-order valence-electron chi connectivity index (χ4n) is 2.05. The van der Waals surface area contributed by atoms with E-state index in [0.29, 0.717) is 6.42 Å². The van der Waals surface area contributed by atoms with E-state index in [9.17, 15) is 14.9 Å². The molecule has 0 radical (unpaired) electrons. The summed E-state index contributed by atoms with van der Waals surface area (Å²) in [5.41, 5.74) is 1.53. The van der Waals surface area contributed by atoms with E-state index in [1.165, 1.54) is 12.1 Å². The zero-order valence-electron chi connectivity index (χ0n) is 12.8. The molecule has 0 bridgehead atoms. The number of ether oxygens (including phenoxy) is 1. The van der Waals surface area contributed by atoms with Crippen LogP contribution < -0.4 is 0 Å². The van der Waals surface area contributed by atoms with Gasteiger partial charge in [0.05, 0.1) is 4.92 Å². The van der Waals surface area contributed by atoms with Gasteiger partial charge in [0, 0.05) is 18.6 Å². The number of esters is 1. The molecule has 0 aliphatic heterocycles. The lowest BCUT2D eigenvalue weighted by Gasteiger charge is -2.06. The molecule has 2 aromatic carbocycles. The highest BCUT2D eigenvalue weighted by Gasteiger charge is 2.14. The van der Waals surface area contributed by atoms with E-state index >= 15 is 0 Å². The normalized spacial score (nSPS) is 11.1. The molecule has 0 saturated carbocycles. The minimum Gasteiger partial charge on any atom is -0.456 e. The zero-order chi connectivity index (χ0) is 17.4. The number of oxime groups is 1. The van der Waals surface area contributed by atoms with Crippen LogP contribution in [0, 0.1) is 10.1 Å². The molecule has 124 valence electrons. The number of nitro groups is 1. The molecule has 2 rings (SSSR count). The van der Waals surface area contributed by atoms with Gasteiger partial charge in [-0.15, -0.1) is 0 Å². The lowest BCUT2D eigenvalue weighted by Crippen LogP contribution is -2.18. The van der Waals surface area contributed by atoms with Gasteiger partial charge < -0.3 is 9.94 Å². The van der Waals surface area contributed by atoms with E-state index in [1.54, 1.807) is 12.1 Å². The third kappa shape index (κ3) is 4.91. The maximum Gasteiger partial charge on any atom is 0.356 e. The summed E-state index contributed by atoms with van der Waals surface area (Å²) in [5.74, 6) is -0.691. The smallest absolute Gasteiger partial charge is 0.356 e. The molecule has 24 heavy (non-hydrogen) atoms. The fraction of sp³-hybridized carbons (Fsp3) is 0.176. The number of rotatable bonds is 7. The van der Waals surface area contributed by atoms with E-state index in [-0.39, 0.29) is 24.4 Å². The predicted molar refractivity (Wildman–Crippen MR) is 86.9 cm³/mol. The number of non-ortho nitro benzene ring substituents is 1. The van der Waals surface area contributed by atoms with Gasteiger partial charge in [-0.2, -0.15) is 0 Å². The third-order valence-corrected chi connectivity index (χ3v) is 3.37. The first-order chi connectivity index (χ1) is 11.6. The van der Waals surface area contributed by atoms with Gasteiger partial charge in [-0.05, 0) is 17.5 Å². The molecule has 0 fully saturated rings. The van der Waals surface area contributed by atoms with Crippen molar-refractivity contribution in [3.63, 3.8) is 0 Å². The van der Waals surface area contributed by atoms with E-state index < -0.39 is 10.9 Å². The zero-order valence-corrected chi connectivity index (χ0v) is 12.8. The Labute approximate surface area is 138 Å². The highest BCUT2D eigenvalue weighted by molar-refractivity contribution is 6.36. The number of nitro benzene ring substituents is 1. The molecular weight excluding hydrogens is 312 g/mol. The molecule has 0 atom stereocenters. The Hall–Kier alpha value is -3.22. The van der Waals surface area contributed by atoms with Crippen molar-refractivity contribution >= 4 is 17.4 Å². The van der Waals surface area contributed by atoms with E-state index in [4.69, 9.17) is 9.94 Å². The number of hydrogen-bond donors (Lipinski definition) is 1. The number of benzene rings is 2. The van der Waals surface area contributed by atoms with Crippen LogP contribution in [0.25, 0.3) is 0 Å². The third-order valence-electron chi connectivity index (χ3n) is 3.37. The Bertz CT molecular complexity index is 726. The lowest BCUT2D eigenvalue weighted by molar-refractivity contribution is -0.384. The van der Waals surface area contributed by atoms with E-state index in [0.717, 1.165) is 11.1 Å². The summed E-state index contributed by atoms with van der Waals surface area (Å²) < 4.78 is 5.10. The van der Waals surface area contributed by atoms with Gasteiger partial charge in [0.15, 0.2) is 5.71 Å². The second kappa shape index (κ2) is 8.42. The number of nitrogens with zero attached hydrogens (tertiary/aromatic N) is 2. The van der Waals surface area contributed by atoms with E-state index in [2.05, 4.69) is 5.16 Å². The van der Waals surface area contributed by atoms with Crippen molar-refractivity contribution in [1.29, 1.82) is 0 Å². The van der Waals surface area contributed by atoms with Gasteiger partial charge in [0.2, 0.25) is 0 Å². The molecule has 7 nitrogen and oxygen atoms in total. The molecular formula is C17H16N2O5. The molecule has 0 aliphatic rings. The predicted octanol–water partition coefficient (Wildman–Crippen LogP) is 3.10. The second-order valence-corrected chi connectivity index (χ2v) is 5.03. The highest BCUT2D eigenvalue weighted by atomic mass is 16.6. The van der Waals surface area contributed by atoms with Gasteiger partial charge in [-0.25, -0.2) is 4.79 Å². The quantitative estimate of drug-likeness (QED) is 0.277. The van der Waals surface area contributed by atoms with Crippen molar-refractivity contribution in [3.05, 3.63) is 75.8 Å². The van der Waals surface area contributed by atoms with Gasteiger partial charge in [0.1, 0.15) is 6.61 Å². The second-order valence-electron chi connectivity index (χ2n) is 5.03. The number of hydrogen-bond acceptors (Lipinski definition) is 6. The maximum absolute atomic E-state index is 11.9. The molecule has 2 aromatic rings. The van der Waals surface area contributed by atoms with Crippen LogP contribution in [-0.2, 0) is 22.6 Å². The molecule has 0 aliphatic carbocycles. The molecule has 0 saturated heterocycles. The van der Waals surface area contributed by atoms with Crippen LogP contribution in [0.1, 0.15) is 17.5 Å². The summed E-state index contributed by atoms with van der Waals surface area (Å²) in [6.07, 6.45) is 0.569. The van der Waals surface area contributed by atoms with Crippen LogP contribution in [0.2, 0.25) is 0 Å². The molecule has 0 heterocycles. The Morgan fingerprint density at radius 2 is 1.75 bits per heavy atom. The summed E-state index contributed by atoms with van der Waals surface area (Å²) in [6.45, 7) is 0.0935. The highest BCUT2D eigenvalue weighted by Crippen LogP contribution is 2.13. The summed E-state index contributed by atoms with van der Waals surface area (Å²) >= 11 is 0.